The van der Waals surface area contributed by atoms with Crippen molar-refractivity contribution in [2.24, 2.45) is 23.7 Å². The summed E-state index contributed by atoms with van der Waals surface area (Å²) in [6.07, 6.45) is 7.05. The maximum absolute atomic E-state index is 11.5. The van der Waals surface area contributed by atoms with Crippen LogP contribution in [0.1, 0.15) is 41.4 Å². The maximum Gasteiger partial charge on any atom is 0.281 e. The van der Waals surface area contributed by atoms with Crippen molar-refractivity contribution >= 4 is 11.4 Å². The molecule has 7 nitrogen and oxygen atoms in total. The third-order valence-electron chi connectivity index (χ3n) is 8.07. The van der Waals surface area contributed by atoms with Crippen LogP contribution in [0, 0.1) is 43.9 Å². The van der Waals surface area contributed by atoms with E-state index >= 15 is 0 Å². The quantitative estimate of drug-likeness (QED) is 0.382. The first-order valence-corrected chi connectivity index (χ1v) is 10.8. The largest absolute Gasteiger partial charge is 0.372 e. The fourth-order valence-electron chi connectivity index (χ4n) is 7.04. The molecule has 158 valence electrons. The van der Waals surface area contributed by atoms with Crippen LogP contribution >= 0.6 is 0 Å². The number of fused-ring (bicyclic) bond motifs is 3. The molecule has 0 aromatic heterocycles. The minimum Gasteiger partial charge on any atom is -0.372 e. The number of rotatable bonds is 5. The van der Waals surface area contributed by atoms with Crippen molar-refractivity contribution in [1.29, 1.82) is 0 Å². The molecule has 0 saturated heterocycles. The van der Waals surface area contributed by atoms with E-state index in [1.165, 1.54) is 36.1 Å². The Morgan fingerprint density at radius 1 is 0.871 bits per heavy atom. The fraction of sp³-hybridized carbons (Fsp3) is 0.417. The summed E-state index contributed by atoms with van der Waals surface area (Å²) in [5, 5.41) is 22.5. The molecule has 0 heterocycles. The van der Waals surface area contributed by atoms with Crippen molar-refractivity contribution in [2.75, 3.05) is 0 Å². The van der Waals surface area contributed by atoms with E-state index in [1.54, 1.807) is 0 Å². The second-order valence-electron chi connectivity index (χ2n) is 9.22. The van der Waals surface area contributed by atoms with E-state index < -0.39 is 9.85 Å². The predicted molar refractivity (Wildman–Crippen MR) is 113 cm³/mol. The van der Waals surface area contributed by atoms with Crippen molar-refractivity contribution < 1.29 is 14.6 Å². The van der Waals surface area contributed by atoms with E-state index in [-0.39, 0.29) is 24.1 Å². The third kappa shape index (κ3) is 2.62. The van der Waals surface area contributed by atoms with Gasteiger partial charge in [-0.05, 0) is 53.7 Å². The lowest BCUT2D eigenvalue weighted by Gasteiger charge is -2.50. The molecule has 31 heavy (non-hydrogen) atoms. The molecule has 0 N–H and O–H groups in total. The van der Waals surface area contributed by atoms with Crippen molar-refractivity contribution in [3.63, 3.8) is 0 Å². The average molecular weight is 418 g/mol. The molecule has 2 aromatic rings. The Morgan fingerprint density at radius 3 is 2.03 bits per heavy atom. The van der Waals surface area contributed by atoms with E-state index in [2.05, 4.69) is 36.4 Å². The van der Waals surface area contributed by atoms with Crippen LogP contribution in [0.15, 0.2) is 54.6 Å². The number of nitrogens with zero attached hydrogens (tertiary/aromatic N) is 2. The molecule has 5 aliphatic carbocycles. The molecule has 4 bridgehead atoms. The van der Waals surface area contributed by atoms with Gasteiger partial charge in [-0.15, -0.1) is 0 Å². The van der Waals surface area contributed by atoms with Crippen molar-refractivity contribution in [3.8, 4) is 0 Å². The van der Waals surface area contributed by atoms with Crippen LogP contribution in [0.5, 0.6) is 0 Å². The van der Waals surface area contributed by atoms with Gasteiger partial charge >= 0.3 is 0 Å². The molecule has 7 heteroatoms. The molecule has 2 fully saturated rings. The Labute approximate surface area is 179 Å². The van der Waals surface area contributed by atoms with E-state index in [4.69, 9.17) is 4.74 Å². The second kappa shape index (κ2) is 6.72. The standard InChI is InChI=1S/C24H22N2O5/c27-25(28)14-6-5-13(21(11-14)26(29)30)12-31-24-19-9-10-20(24)23-18-8-7-17(22(19)23)15-3-1-2-4-16(15)18/h1-6,9-11,17-20,22-24H,7-8,12H2/t17-,18+,19-,20-,22-,23-,24?/m0/s1. The Morgan fingerprint density at radius 2 is 1.48 bits per heavy atom. The summed E-state index contributed by atoms with van der Waals surface area (Å²) in [5.74, 6) is 2.92. The normalized spacial score (nSPS) is 33.9. The smallest absolute Gasteiger partial charge is 0.281 e. The minimum atomic E-state index is -0.614. The average Bonchev–Trinajstić information content (AvgIpc) is 3.34. The predicted octanol–water partition coefficient (Wildman–Crippen LogP) is 5.11. The molecule has 7 atom stereocenters. The summed E-state index contributed by atoms with van der Waals surface area (Å²) in [6.45, 7) is 0.0926. The second-order valence-corrected chi connectivity index (χ2v) is 9.22. The van der Waals surface area contributed by atoms with Gasteiger partial charge in [0.25, 0.3) is 11.4 Å². The van der Waals surface area contributed by atoms with Gasteiger partial charge in [0.1, 0.15) is 0 Å². The zero-order valence-electron chi connectivity index (χ0n) is 16.8. The van der Waals surface area contributed by atoms with Crippen LogP contribution in [0.3, 0.4) is 0 Å². The van der Waals surface area contributed by atoms with Gasteiger partial charge in [0.05, 0.1) is 34.2 Å². The Balaban J connectivity index is 1.27. The van der Waals surface area contributed by atoms with Gasteiger partial charge in [-0.3, -0.25) is 20.2 Å². The lowest BCUT2D eigenvalue weighted by Crippen LogP contribution is -2.40. The lowest BCUT2D eigenvalue weighted by molar-refractivity contribution is -0.394. The van der Waals surface area contributed by atoms with Crippen LogP contribution < -0.4 is 0 Å². The van der Waals surface area contributed by atoms with Crippen LogP contribution in [-0.4, -0.2) is 16.0 Å². The zero-order chi connectivity index (χ0) is 21.3. The summed E-state index contributed by atoms with van der Waals surface area (Å²) in [5.41, 5.74) is 2.86. The van der Waals surface area contributed by atoms with Gasteiger partial charge in [0, 0.05) is 17.9 Å². The number of hydrogen-bond acceptors (Lipinski definition) is 5. The first-order chi connectivity index (χ1) is 15.0. The number of non-ortho nitro benzene ring substituents is 1. The molecular formula is C24H22N2O5. The van der Waals surface area contributed by atoms with Crippen molar-refractivity contribution in [1.82, 2.24) is 0 Å². The Hall–Kier alpha value is -3.06. The van der Waals surface area contributed by atoms with E-state index in [1.807, 2.05) is 0 Å². The summed E-state index contributed by atoms with van der Waals surface area (Å²) in [6, 6.07) is 12.6. The molecule has 5 aliphatic rings. The lowest BCUT2D eigenvalue weighted by atomic mass is 9.54. The Bertz CT molecular complexity index is 1080. The summed E-state index contributed by atoms with van der Waals surface area (Å²) < 4.78 is 6.35. The summed E-state index contributed by atoms with van der Waals surface area (Å²) >= 11 is 0. The summed E-state index contributed by atoms with van der Waals surface area (Å²) in [4.78, 5) is 21.3. The molecule has 0 radical (unpaired) electrons. The molecule has 2 aromatic carbocycles. The zero-order valence-corrected chi connectivity index (χ0v) is 16.8. The fourth-order valence-corrected chi connectivity index (χ4v) is 7.04. The van der Waals surface area contributed by atoms with Gasteiger partial charge < -0.3 is 4.74 Å². The highest BCUT2D eigenvalue weighted by molar-refractivity contribution is 5.49. The van der Waals surface area contributed by atoms with Gasteiger partial charge in [0.2, 0.25) is 0 Å². The third-order valence-corrected chi connectivity index (χ3v) is 8.07. The molecule has 0 aliphatic heterocycles. The van der Waals surface area contributed by atoms with E-state index in [9.17, 15) is 20.2 Å². The minimum absolute atomic E-state index is 0.0159. The van der Waals surface area contributed by atoms with E-state index in [0.717, 1.165) is 6.07 Å². The molecule has 0 amide bonds. The van der Waals surface area contributed by atoms with Crippen LogP contribution in [-0.2, 0) is 11.3 Å². The molecule has 0 spiro atoms. The highest BCUT2D eigenvalue weighted by Gasteiger charge is 2.61. The molecule has 1 unspecified atom stereocenters. The number of nitro groups is 2. The van der Waals surface area contributed by atoms with Crippen molar-refractivity contribution in [3.05, 3.63) is 91.5 Å². The van der Waals surface area contributed by atoms with Gasteiger partial charge in [-0.25, -0.2) is 0 Å². The molecule has 2 saturated carbocycles. The molecular weight excluding hydrogens is 396 g/mol. The SMILES string of the molecule is O=[N+]([O-])c1ccc(COC2[C@H]3C=C[C@H]2[C@H]2[C@H]3[C@H]3CC[C@@H]2c2ccccc23)c([N+](=O)[O-])c1. The highest BCUT2D eigenvalue weighted by atomic mass is 16.6. The van der Waals surface area contributed by atoms with Gasteiger partial charge in [0.15, 0.2) is 0 Å². The first kappa shape index (κ1) is 18.7. The topological polar surface area (TPSA) is 95.5 Å². The van der Waals surface area contributed by atoms with Gasteiger partial charge in [-0.2, -0.15) is 0 Å². The van der Waals surface area contributed by atoms with Crippen LogP contribution in [0.4, 0.5) is 11.4 Å². The van der Waals surface area contributed by atoms with Crippen LogP contribution in [0.25, 0.3) is 0 Å². The summed E-state index contributed by atoms with van der Waals surface area (Å²) in [7, 11) is 0. The number of hydrogen-bond donors (Lipinski definition) is 0. The number of nitro benzene ring substituents is 2. The van der Waals surface area contributed by atoms with E-state index in [0.29, 0.717) is 41.1 Å². The number of ether oxygens (including phenoxy) is 1. The highest BCUT2D eigenvalue weighted by Crippen LogP contribution is 2.67. The Kier molecular flexibility index (Phi) is 4.05. The molecule has 7 rings (SSSR count). The van der Waals surface area contributed by atoms with Crippen molar-refractivity contribution in [2.45, 2.75) is 37.4 Å². The first-order valence-electron chi connectivity index (χ1n) is 10.8. The van der Waals surface area contributed by atoms with Gasteiger partial charge in [-0.1, -0.05) is 36.4 Å². The maximum atomic E-state index is 11.5. The number of benzene rings is 2. The van der Waals surface area contributed by atoms with Crippen LogP contribution in [0.2, 0.25) is 0 Å². The monoisotopic (exact) mass is 418 g/mol.